The van der Waals surface area contributed by atoms with Crippen LogP contribution in [0, 0.1) is 5.92 Å². The Bertz CT molecular complexity index is 729. The number of aromatic nitrogens is 1. The van der Waals surface area contributed by atoms with Crippen LogP contribution in [0.3, 0.4) is 0 Å². The zero-order chi connectivity index (χ0) is 15.9. The molecule has 22 heavy (non-hydrogen) atoms. The van der Waals surface area contributed by atoms with Gasteiger partial charge in [-0.25, -0.2) is 4.98 Å². The predicted octanol–water partition coefficient (Wildman–Crippen LogP) is 4.84. The number of amides is 1. The summed E-state index contributed by atoms with van der Waals surface area (Å²) in [4.78, 5) is 16.4. The third-order valence-corrected chi connectivity index (χ3v) is 5.22. The van der Waals surface area contributed by atoms with Crippen LogP contribution < -0.4 is 5.32 Å². The first-order chi connectivity index (χ1) is 10.5. The molecule has 1 N–H and O–H groups in total. The van der Waals surface area contributed by atoms with E-state index in [9.17, 15) is 4.79 Å². The quantitative estimate of drug-likeness (QED) is 0.806. The number of hydrogen-bond acceptors (Lipinski definition) is 2. The highest BCUT2D eigenvalue weighted by atomic mass is 35.5. The van der Waals surface area contributed by atoms with Gasteiger partial charge in [0.1, 0.15) is 5.15 Å². The fourth-order valence-electron chi connectivity index (χ4n) is 3.32. The van der Waals surface area contributed by atoms with E-state index in [1.165, 1.54) is 11.1 Å². The van der Waals surface area contributed by atoms with Crippen molar-refractivity contribution in [1.29, 1.82) is 0 Å². The summed E-state index contributed by atoms with van der Waals surface area (Å²) in [5.74, 6) is 1.27. The normalized spacial score (nSPS) is 23.2. The number of halogens is 1. The highest BCUT2D eigenvalue weighted by Gasteiger charge is 2.34. The Morgan fingerprint density at radius 1 is 1.14 bits per heavy atom. The lowest BCUT2D eigenvalue weighted by Crippen LogP contribution is -2.15. The highest BCUT2D eigenvalue weighted by molar-refractivity contribution is 6.33. The molecule has 3 atom stereocenters. The van der Waals surface area contributed by atoms with Gasteiger partial charge < -0.3 is 5.32 Å². The van der Waals surface area contributed by atoms with Gasteiger partial charge in [-0.1, -0.05) is 44.5 Å². The van der Waals surface area contributed by atoms with E-state index < -0.39 is 0 Å². The standard InChI is InChI=1S/C18H19ClN2O/c1-10-11(2)13-6-4-8-15(16(13)12(10)3)21-18(22)14-7-5-9-20-17(14)19/h4-12H,1-3H3,(H,21,22). The van der Waals surface area contributed by atoms with E-state index >= 15 is 0 Å². The van der Waals surface area contributed by atoms with Crippen molar-refractivity contribution in [2.75, 3.05) is 5.32 Å². The molecule has 0 fully saturated rings. The van der Waals surface area contributed by atoms with Crippen LogP contribution in [0.2, 0.25) is 5.15 Å². The van der Waals surface area contributed by atoms with Gasteiger partial charge in [-0.05, 0) is 47.1 Å². The van der Waals surface area contributed by atoms with E-state index in [0.29, 0.717) is 23.3 Å². The summed E-state index contributed by atoms with van der Waals surface area (Å²) in [6.07, 6.45) is 1.57. The van der Waals surface area contributed by atoms with Gasteiger partial charge in [-0.15, -0.1) is 0 Å². The second-order valence-corrected chi connectivity index (χ2v) is 6.40. The maximum absolute atomic E-state index is 12.5. The summed E-state index contributed by atoms with van der Waals surface area (Å²) in [6.45, 7) is 6.73. The first-order valence-corrected chi connectivity index (χ1v) is 7.93. The van der Waals surface area contributed by atoms with Crippen molar-refractivity contribution < 1.29 is 4.79 Å². The fourth-order valence-corrected chi connectivity index (χ4v) is 3.53. The lowest BCUT2D eigenvalue weighted by molar-refractivity contribution is 0.102. The number of nitrogens with zero attached hydrogens (tertiary/aromatic N) is 1. The zero-order valence-corrected chi connectivity index (χ0v) is 13.7. The van der Waals surface area contributed by atoms with Crippen LogP contribution in [0.1, 0.15) is 54.1 Å². The van der Waals surface area contributed by atoms with E-state index in [4.69, 9.17) is 11.6 Å². The smallest absolute Gasteiger partial charge is 0.258 e. The van der Waals surface area contributed by atoms with Gasteiger partial charge in [0.15, 0.2) is 0 Å². The van der Waals surface area contributed by atoms with E-state index in [1.54, 1.807) is 18.3 Å². The molecule has 4 heteroatoms. The second-order valence-electron chi connectivity index (χ2n) is 6.04. The molecule has 0 radical (unpaired) electrons. The number of carbonyl (C=O) groups is 1. The van der Waals surface area contributed by atoms with Crippen LogP contribution in [0.4, 0.5) is 5.69 Å². The van der Waals surface area contributed by atoms with Crippen molar-refractivity contribution in [2.45, 2.75) is 32.6 Å². The minimum Gasteiger partial charge on any atom is -0.322 e. The Morgan fingerprint density at radius 3 is 2.64 bits per heavy atom. The van der Waals surface area contributed by atoms with Gasteiger partial charge in [-0.2, -0.15) is 0 Å². The molecule has 0 saturated heterocycles. The topological polar surface area (TPSA) is 42.0 Å². The van der Waals surface area contributed by atoms with Crippen molar-refractivity contribution in [2.24, 2.45) is 5.92 Å². The summed E-state index contributed by atoms with van der Waals surface area (Å²) in [7, 11) is 0. The minimum atomic E-state index is -0.217. The van der Waals surface area contributed by atoms with E-state index in [-0.39, 0.29) is 11.1 Å². The number of nitrogens with one attached hydrogen (secondary N) is 1. The number of pyridine rings is 1. The van der Waals surface area contributed by atoms with Crippen LogP contribution in [-0.4, -0.2) is 10.9 Å². The van der Waals surface area contributed by atoms with Crippen LogP contribution in [0.15, 0.2) is 36.5 Å². The second kappa shape index (κ2) is 5.73. The van der Waals surface area contributed by atoms with Gasteiger partial charge in [0, 0.05) is 11.9 Å². The maximum atomic E-state index is 12.5. The van der Waals surface area contributed by atoms with Crippen molar-refractivity contribution in [1.82, 2.24) is 4.98 Å². The summed E-state index contributed by atoms with van der Waals surface area (Å²) < 4.78 is 0. The highest BCUT2D eigenvalue weighted by Crippen LogP contribution is 2.48. The van der Waals surface area contributed by atoms with E-state index in [1.807, 2.05) is 12.1 Å². The molecule has 1 aromatic carbocycles. The van der Waals surface area contributed by atoms with Crippen molar-refractivity contribution in [3.05, 3.63) is 58.4 Å². The molecule has 1 aromatic heterocycles. The molecular formula is C18H19ClN2O. The summed E-state index contributed by atoms with van der Waals surface area (Å²) in [6, 6.07) is 9.51. The average molecular weight is 315 g/mol. The molecule has 0 bridgehead atoms. The Kier molecular flexibility index (Phi) is 3.92. The molecule has 3 nitrogen and oxygen atoms in total. The van der Waals surface area contributed by atoms with Crippen molar-refractivity contribution in [3.8, 4) is 0 Å². The van der Waals surface area contributed by atoms with Gasteiger partial charge >= 0.3 is 0 Å². The van der Waals surface area contributed by atoms with E-state index in [0.717, 1.165) is 5.69 Å². The van der Waals surface area contributed by atoms with Crippen LogP contribution in [-0.2, 0) is 0 Å². The number of benzene rings is 1. The molecule has 1 amide bonds. The molecule has 3 unspecified atom stereocenters. The van der Waals surface area contributed by atoms with Gasteiger partial charge in [0.05, 0.1) is 5.56 Å². The number of carbonyl (C=O) groups excluding carboxylic acids is 1. The van der Waals surface area contributed by atoms with Crippen LogP contribution in [0.25, 0.3) is 0 Å². The Balaban J connectivity index is 1.95. The molecule has 0 saturated carbocycles. The first kappa shape index (κ1) is 15.0. The third-order valence-electron chi connectivity index (χ3n) is 4.92. The Morgan fingerprint density at radius 2 is 1.91 bits per heavy atom. The molecule has 1 heterocycles. The van der Waals surface area contributed by atoms with Gasteiger partial charge in [0.25, 0.3) is 5.91 Å². The van der Waals surface area contributed by atoms with Crippen LogP contribution >= 0.6 is 11.6 Å². The zero-order valence-electron chi connectivity index (χ0n) is 12.9. The number of rotatable bonds is 2. The van der Waals surface area contributed by atoms with Gasteiger partial charge in [0.2, 0.25) is 0 Å². The maximum Gasteiger partial charge on any atom is 0.258 e. The fraction of sp³-hybridized carbons (Fsp3) is 0.333. The van der Waals surface area contributed by atoms with Gasteiger partial charge in [-0.3, -0.25) is 4.79 Å². The summed E-state index contributed by atoms with van der Waals surface area (Å²) >= 11 is 6.01. The average Bonchev–Trinajstić information content (AvgIpc) is 2.73. The monoisotopic (exact) mass is 314 g/mol. The summed E-state index contributed by atoms with van der Waals surface area (Å²) in [5.41, 5.74) is 3.85. The van der Waals surface area contributed by atoms with Crippen molar-refractivity contribution >= 4 is 23.2 Å². The molecule has 2 aromatic rings. The largest absolute Gasteiger partial charge is 0.322 e. The number of anilines is 1. The lowest BCUT2D eigenvalue weighted by Gasteiger charge is -2.16. The van der Waals surface area contributed by atoms with Crippen molar-refractivity contribution in [3.63, 3.8) is 0 Å². The minimum absolute atomic E-state index is 0.217. The molecule has 0 spiro atoms. The Labute approximate surface area is 135 Å². The Hall–Kier alpha value is -1.87. The first-order valence-electron chi connectivity index (χ1n) is 7.55. The number of fused-ring (bicyclic) bond motifs is 1. The molecule has 114 valence electrons. The molecule has 1 aliphatic carbocycles. The van der Waals surface area contributed by atoms with E-state index in [2.05, 4.69) is 37.1 Å². The summed E-state index contributed by atoms with van der Waals surface area (Å²) in [5, 5.41) is 3.23. The SMILES string of the molecule is CC1c2cccc(NC(=O)c3cccnc3Cl)c2C(C)C1C. The number of hydrogen-bond donors (Lipinski definition) is 1. The molecule has 0 aliphatic heterocycles. The molecular weight excluding hydrogens is 296 g/mol. The lowest BCUT2D eigenvalue weighted by atomic mass is 9.91. The molecule has 3 rings (SSSR count). The third kappa shape index (κ3) is 2.40. The van der Waals surface area contributed by atoms with Crippen LogP contribution in [0.5, 0.6) is 0 Å². The predicted molar refractivity (Wildman–Crippen MR) is 89.6 cm³/mol. The molecule has 1 aliphatic rings.